The van der Waals surface area contributed by atoms with E-state index in [9.17, 15) is 31.9 Å². The zero-order valence-electron chi connectivity index (χ0n) is 28.5. The van der Waals surface area contributed by atoms with Gasteiger partial charge in [0, 0.05) is 16.5 Å². The van der Waals surface area contributed by atoms with Crippen LogP contribution in [0.15, 0.2) is 60.9 Å². The quantitative estimate of drug-likeness (QED) is 0.193. The van der Waals surface area contributed by atoms with Crippen LogP contribution in [-0.2, 0) is 25.4 Å². The lowest BCUT2D eigenvalue weighted by atomic mass is 9.85. The number of hydrogen-bond donors (Lipinski definition) is 3. The van der Waals surface area contributed by atoms with Gasteiger partial charge in [0.15, 0.2) is 0 Å². The molecule has 0 unspecified atom stereocenters. The molecule has 0 radical (unpaired) electrons. The average molecular weight is 756 g/mol. The van der Waals surface area contributed by atoms with Crippen LogP contribution in [-0.4, -0.2) is 84.2 Å². The van der Waals surface area contributed by atoms with Crippen molar-refractivity contribution in [3.05, 3.63) is 94.3 Å². The highest BCUT2D eigenvalue weighted by Gasteiger charge is 2.37. The first kappa shape index (κ1) is 40.2. The first-order valence-electron chi connectivity index (χ1n) is 16.2. The standard InChI is InChI=1S/C35H39ClF5N5O6/c1-34(2,3)52-33(49)46-16-25(50-17-24(46)18-51-32(48)44-19-35(39,40)41)11-12-26-27(38)14-43-15-28(26)45-31(47)30(42)29(20-7-9-23(37)10-8-20)21-5-4-6-22(36)13-21/h4-10,13-15,24-25,29-30H,11-12,16-19,42H2,1-3H3,(H,44,48)(H,45,47)/t24-,25+,29-,30-/m0/s1. The summed E-state index contributed by atoms with van der Waals surface area (Å²) in [5, 5.41) is 4.66. The number of anilines is 1. The molecule has 1 saturated heterocycles. The first-order valence-corrected chi connectivity index (χ1v) is 16.6. The minimum absolute atomic E-state index is 0.00271. The number of nitrogens with zero attached hydrogens (tertiary/aromatic N) is 2. The summed E-state index contributed by atoms with van der Waals surface area (Å²) in [6.07, 6.45) is -5.06. The first-order chi connectivity index (χ1) is 24.4. The summed E-state index contributed by atoms with van der Waals surface area (Å²) < 4.78 is 82.7. The molecule has 0 bridgehead atoms. The maximum absolute atomic E-state index is 15.2. The third kappa shape index (κ3) is 11.7. The van der Waals surface area contributed by atoms with E-state index in [-0.39, 0.29) is 37.2 Å². The fraction of sp³-hybridized carbons (Fsp3) is 0.429. The van der Waals surface area contributed by atoms with Gasteiger partial charge in [-0.15, -0.1) is 0 Å². The lowest BCUT2D eigenvalue weighted by Gasteiger charge is -2.39. The Balaban J connectivity index is 1.47. The normalized spacial score (nSPS) is 17.5. The van der Waals surface area contributed by atoms with Crippen LogP contribution in [0.2, 0.25) is 5.02 Å². The number of nitrogens with one attached hydrogen (secondary N) is 2. The third-order valence-corrected chi connectivity index (χ3v) is 8.15. The molecular weight excluding hydrogens is 717 g/mol. The van der Waals surface area contributed by atoms with Crippen LogP contribution in [0.5, 0.6) is 0 Å². The van der Waals surface area contributed by atoms with Crippen LogP contribution in [0.4, 0.5) is 37.2 Å². The summed E-state index contributed by atoms with van der Waals surface area (Å²) in [4.78, 5) is 43.7. The van der Waals surface area contributed by atoms with Crippen molar-refractivity contribution in [2.24, 2.45) is 5.73 Å². The molecule has 4 rings (SSSR count). The summed E-state index contributed by atoms with van der Waals surface area (Å²) in [6.45, 7) is 2.57. The van der Waals surface area contributed by atoms with Crippen LogP contribution in [0, 0.1) is 11.6 Å². The monoisotopic (exact) mass is 755 g/mol. The Labute approximate surface area is 301 Å². The average Bonchev–Trinajstić information content (AvgIpc) is 3.06. The summed E-state index contributed by atoms with van der Waals surface area (Å²) >= 11 is 6.22. The topological polar surface area (TPSA) is 145 Å². The Morgan fingerprint density at radius 3 is 2.44 bits per heavy atom. The Morgan fingerprint density at radius 1 is 1.08 bits per heavy atom. The van der Waals surface area contributed by atoms with Crippen LogP contribution in [0.3, 0.4) is 0 Å². The van der Waals surface area contributed by atoms with Gasteiger partial charge < -0.3 is 30.6 Å². The molecule has 282 valence electrons. The van der Waals surface area contributed by atoms with Crippen molar-refractivity contribution in [3.63, 3.8) is 0 Å². The Morgan fingerprint density at radius 2 is 1.79 bits per heavy atom. The summed E-state index contributed by atoms with van der Waals surface area (Å²) in [7, 11) is 0. The molecule has 3 aromatic rings. The van der Waals surface area contributed by atoms with Gasteiger partial charge in [0.25, 0.3) is 0 Å². The highest BCUT2D eigenvalue weighted by atomic mass is 35.5. The molecule has 1 aliphatic rings. The van der Waals surface area contributed by atoms with E-state index in [4.69, 9.17) is 31.5 Å². The van der Waals surface area contributed by atoms with Gasteiger partial charge >= 0.3 is 18.4 Å². The van der Waals surface area contributed by atoms with E-state index in [1.54, 1.807) is 50.4 Å². The van der Waals surface area contributed by atoms with Crippen molar-refractivity contribution in [1.29, 1.82) is 0 Å². The number of alkyl carbamates (subject to hydrolysis) is 1. The number of aromatic nitrogens is 1. The number of halogens is 6. The number of ether oxygens (including phenoxy) is 3. The van der Waals surface area contributed by atoms with Crippen molar-refractivity contribution in [2.45, 2.75) is 69.5 Å². The second-order valence-electron chi connectivity index (χ2n) is 13.1. The van der Waals surface area contributed by atoms with Crippen molar-refractivity contribution in [1.82, 2.24) is 15.2 Å². The maximum atomic E-state index is 15.2. The van der Waals surface area contributed by atoms with Gasteiger partial charge in [-0.1, -0.05) is 35.9 Å². The van der Waals surface area contributed by atoms with Crippen molar-refractivity contribution in [2.75, 3.05) is 31.6 Å². The molecule has 3 amide bonds. The number of alkyl halides is 3. The highest BCUT2D eigenvalue weighted by Crippen LogP contribution is 2.31. The summed E-state index contributed by atoms with van der Waals surface area (Å²) in [6, 6.07) is 10.1. The van der Waals surface area contributed by atoms with Gasteiger partial charge in [0.2, 0.25) is 5.91 Å². The summed E-state index contributed by atoms with van der Waals surface area (Å²) in [5.74, 6) is -2.65. The fourth-order valence-corrected chi connectivity index (χ4v) is 5.68. The molecule has 0 aliphatic carbocycles. The van der Waals surface area contributed by atoms with E-state index >= 15 is 4.39 Å². The van der Waals surface area contributed by atoms with E-state index in [0.29, 0.717) is 16.1 Å². The van der Waals surface area contributed by atoms with Crippen LogP contribution in [0.25, 0.3) is 0 Å². The van der Waals surface area contributed by atoms with E-state index in [1.807, 2.05) is 0 Å². The molecule has 17 heteroatoms. The van der Waals surface area contributed by atoms with Crippen LogP contribution in [0.1, 0.15) is 49.8 Å². The van der Waals surface area contributed by atoms with E-state index in [0.717, 1.165) is 6.20 Å². The Hall–Kier alpha value is -4.54. The van der Waals surface area contributed by atoms with Crippen LogP contribution >= 0.6 is 11.6 Å². The van der Waals surface area contributed by atoms with Crippen molar-refractivity contribution in [3.8, 4) is 0 Å². The number of amides is 3. The molecule has 2 aromatic carbocycles. The second kappa shape index (κ2) is 17.3. The molecule has 2 heterocycles. The fourth-order valence-electron chi connectivity index (χ4n) is 5.48. The number of pyridine rings is 1. The lowest BCUT2D eigenvalue weighted by molar-refractivity contribution is -0.124. The second-order valence-corrected chi connectivity index (χ2v) is 13.5. The van der Waals surface area contributed by atoms with E-state index in [1.165, 1.54) is 35.4 Å². The van der Waals surface area contributed by atoms with Gasteiger partial charge in [0.05, 0.1) is 49.4 Å². The predicted octanol–water partition coefficient (Wildman–Crippen LogP) is 6.34. The number of benzene rings is 2. The molecule has 4 N–H and O–H groups in total. The van der Waals surface area contributed by atoms with Crippen molar-refractivity contribution < 1.29 is 50.5 Å². The zero-order valence-corrected chi connectivity index (χ0v) is 29.3. The van der Waals surface area contributed by atoms with Gasteiger partial charge in [-0.05, 0) is 69.0 Å². The smallest absolute Gasteiger partial charge is 0.410 e. The lowest BCUT2D eigenvalue weighted by Crippen LogP contribution is -2.55. The minimum Gasteiger partial charge on any atom is -0.447 e. The summed E-state index contributed by atoms with van der Waals surface area (Å²) in [5.41, 5.74) is 6.85. The maximum Gasteiger partial charge on any atom is 0.410 e. The molecule has 0 saturated carbocycles. The molecule has 52 heavy (non-hydrogen) atoms. The van der Waals surface area contributed by atoms with E-state index < -0.39 is 78.8 Å². The predicted molar refractivity (Wildman–Crippen MR) is 181 cm³/mol. The van der Waals surface area contributed by atoms with Gasteiger partial charge in [-0.25, -0.2) is 18.4 Å². The number of rotatable bonds is 11. The third-order valence-electron chi connectivity index (χ3n) is 7.91. The Kier molecular flexibility index (Phi) is 13.4. The van der Waals surface area contributed by atoms with Crippen molar-refractivity contribution >= 4 is 35.4 Å². The molecule has 11 nitrogen and oxygen atoms in total. The molecule has 4 atom stereocenters. The van der Waals surface area contributed by atoms with Gasteiger partial charge in [0.1, 0.15) is 30.4 Å². The molecule has 1 aliphatic heterocycles. The largest absolute Gasteiger partial charge is 0.447 e. The van der Waals surface area contributed by atoms with Gasteiger partial charge in [-0.2, -0.15) is 13.2 Å². The van der Waals surface area contributed by atoms with Crippen LogP contribution < -0.4 is 16.4 Å². The molecule has 1 fully saturated rings. The number of carbonyl (C=O) groups is 3. The minimum atomic E-state index is -4.64. The SMILES string of the molecule is CC(C)(C)OC(=O)N1C[C@@H](CCc2c(F)cncc2NC(=O)[C@@H](N)[C@@H](c2ccc(F)cc2)c2cccc(Cl)c2)OC[C@H]1COC(=O)NCC(F)(F)F. The van der Waals surface area contributed by atoms with Gasteiger partial charge in [-0.3, -0.25) is 14.7 Å². The number of nitrogens with two attached hydrogens (primary N) is 1. The highest BCUT2D eigenvalue weighted by molar-refractivity contribution is 6.30. The Bertz CT molecular complexity index is 1710. The molecular formula is C35H39ClF5N5O6. The number of morpholine rings is 1. The van der Waals surface area contributed by atoms with E-state index in [2.05, 4.69) is 10.3 Å². The number of carbonyl (C=O) groups excluding carboxylic acids is 3. The molecule has 1 aromatic heterocycles. The zero-order chi connectivity index (χ0) is 38.2. The number of hydrogen-bond acceptors (Lipinski definition) is 8. The molecule has 0 spiro atoms.